The molecule has 1 aromatic heterocycles. The number of aliphatic hydroxyl groups excluding tert-OH is 1. The van der Waals surface area contributed by atoms with E-state index in [1.165, 1.54) is 11.3 Å². The first-order valence-corrected chi connectivity index (χ1v) is 12.0. The van der Waals surface area contributed by atoms with Crippen LogP contribution in [0.2, 0.25) is 0 Å². The average molecular weight is 430 g/mol. The third-order valence-electron chi connectivity index (χ3n) is 5.93. The van der Waals surface area contributed by atoms with Gasteiger partial charge in [0, 0.05) is 44.0 Å². The van der Waals surface area contributed by atoms with Crippen molar-refractivity contribution in [2.75, 3.05) is 53.7 Å². The summed E-state index contributed by atoms with van der Waals surface area (Å²) in [4.78, 5) is 14.9. The molecule has 7 nitrogen and oxygen atoms in total. The first-order valence-electron chi connectivity index (χ1n) is 10.7. The number of fused-ring (bicyclic) bond motifs is 1. The van der Waals surface area contributed by atoms with Gasteiger partial charge in [0.25, 0.3) is 0 Å². The van der Waals surface area contributed by atoms with Crippen LogP contribution in [0.4, 0.5) is 17.5 Å². The number of piperazine rings is 1. The number of rotatable bonds is 6. The maximum absolute atomic E-state index is 12.5. The summed E-state index contributed by atoms with van der Waals surface area (Å²) >= 11 is 0. The molecule has 1 saturated heterocycles. The Balaban J connectivity index is 1.55. The topological polar surface area (TPSA) is 81.6 Å². The molecule has 0 aliphatic carbocycles. The first kappa shape index (κ1) is 21.1. The minimum absolute atomic E-state index is 0.00752. The van der Waals surface area contributed by atoms with Crippen LogP contribution in [-0.2, 0) is 17.2 Å². The SMILES string of the molecule is Cc1cccc(N2CCN(c3nc4c(c(NC(CO)C(C)C)n3)[S@](=O)CC4)CC2)c1. The molecule has 2 N–H and O–H groups in total. The Morgan fingerprint density at radius 1 is 1.17 bits per heavy atom. The number of hydrogen-bond acceptors (Lipinski definition) is 7. The van der Waals surface area contributed by atoms with Gasteiger partial charge in [-0.05, 0) is 30.5 Å². The second-order valence-corrected chi connectivity index (χ2v) is 9.95. The Morgan fingerprint density at radius 2 is 1.90 bits per heavy atom. The Labute approximate surface area is 181 Å². The van der Waals surface area contributed by atoms with Gasteiger partial charge in [-0.25, -0.2) is 4.98 Å². The molecule has 1 aromatic carbocycles. The Bertz CT molecular complexity index is 928. The summed E-state index contributed by atoms with van der Waals surface area (Å²) in [5.74, 6) is 2.14. The second kappa shape index (κ2) is 8.89. The van der Waals surface area contributed by atoms with E-state index >= 15 is 0 Å². The summed E-state index contributed by atoms with van der Waals surface area (Å²) in [6.45, 7) is 9.72. The number of anilines is 3. The lowest BCUT2D eigenvalue weighted by molar-refractivity contribution is 0.249. The number of aliphatic hydroxyl groups is 1. The van der Waals surface area contributed by atoms with Gasteiger partial charge in [0.1, 0.15) is 10.7 Å². The number of hydrogen-bond donors (Lipinski definition) is 2. The van der Waals surface area contributed by atoms with E-state index in [0.29, 0.717) is 23.9 Å². The maximum Gasteiger partial charge on any atom is 0.227 e. The molecule has 0 bridgehead atoms. The minimum Gasteiger partial charge on any atom is -0.394 e. The average Bonchev–Trinajstić information content (AvgIpc) is 3.12. The van der Waals surface area contributed by atoms with Crippen LogP contribution in [0.25, 0.3) is 0 Å². The molecule has 3 heterocycles. The van der Waals surface area contributed by atoms with Gasteiger partial charge in [-0.2, -0.15) is 4.98 Å². The van der Waals surface area contributed by atoms with Gasteiger partial charge in [0.15, 0.2) is 0 Å². The Hall–Kier alpha value is -2.19. The van der Waals surface area contributed by atoms with Crippen LogP contribution in [0.15, 0.2) is 29.2 Å². The molecule has 2 aliphatic heterocycles. The van der Waals surface area contributed by atoms with Crippen LogP contribution in [0.3, 0.4) is 0 Å². The number of aryl methyl sites for hydroxylation is 2. The third-order valence-corrected chi connectivity index (χ3v) is 7.39. The van der Waals surface area contributed by atoms with Crippen molar-refractivity contribution in [1.29, 1.82) is 0 Å². The lowest BCUT2D eigenvalue weighted by Gasteiger charge is -2.36. The zero-order valence-corrected chi connectivity index (χ0v) is 18.8. The van der Waals surface area contributed by atoms with E-state index in [4.69, 9.17) is 9.97 Å². The number of benzene rings is 1. The second-order valence-electron chi connectivity index (χ2n) is 8.44. The third kappa shape index (κ3) is 4.30. The van der Waals surface area contributed by atoms with Crippen molar-refractivity contribution in [3.63, 3.8) is 0 Å². The maximum atomic E-state index is 12.5. The lowest BCUT2D eigenvalue weighted by atomic mass is 10.1. The molecule has 0 radical (unpaired) electrons. The van der Waals surface area contributed by atoms with Gasteiger partial charge < -0.3 is 20.2 Å². The summed E-state index contributed by atoms with van der Waals surface area (Å²) in [7, 11) is -1.08. The largest absolute Gasteiger partial charge is 0.394 e. The monoisotopic (exact) mass is 429 g/mol. The standard InChI is InChI=1S/C22H31N5O2S/c1-15(2)19(14-28)23-21-20-18(7-12-30(20)29)24-22(25-21)27-10-8-26(9-11-27)17-6-4-5-16(3)13-17/h4-6,13,15,19,28H,7-12,14H2,1-3H3,(H,23,24,25)/t19?,30-/m1/s1. The van der Waals surface area contributed by atoms with Crippen LogP contribution in [0.1, 0.15) is 25.1 Å². The molecular weight excluding hydrogens is 398 g/mol. The summed E-state index contributed by atoms with van der Waals surface area (Å²) in [5, 5.41) is 13.1. The molecule has 0 amide bonds. The normalized spacial score (nSPS) is 19.8. The Kier molecular flexibility index (Phi) is 6.24. The van der Waals surface area contributed by atoms with Crippen molar-refractivity contribution in [3.05, 3.63) is 35.5 Å². The van der Waals surface area contributed by atoms with Gasteiger partial charge >= 0.3 is 0 Å². The van der Waals surface area contributed by atoms with Crippen molar-refractivity contribution < 1.29 is 9.32 Å². The predicted octanol–water partition coefficient (Wildman–Crippen LogP) is 2.20. The smallest absolute Gasteiger partial charge is 0.227 e. The van der Waals surface area contributed by atoms with E-state index in [1.54, 1.807) is 0 Å². The highest BCUT2D eigenvalue weighted by molar-refractivity contribution is 7.85. The molecule has 162 valence electrons. The molecule has 1 fully saturated rings. The fourth-order valence-corrected chi connectivity index (χ4v) is 5.32. The number of nitrogens with one attached hydrogen (secondary N) is 1. The van der Waals surface area contributed by atoms with Crippen molar-refractivity contribution in [1.82, 2.24) is 9.97 Å². The molecule has 0 saturated carbocycles. The van der Waals surface area contributed by atoms with Crippen molar-refractivity contribution in [3.8, 4) is 0 Å². The van der Waals surface area contributed by atoms with E-state index in [2.05, 4.69) is 60.2 Å². The van der Waals surface area contributed by atoms with Gasteiger partial charge in [-0.1, -0.05) is 26.0 Å². The quantitative estimate of drug-likeness (QED) is 0.729. The molecule has 2 aromatic rings. The van der Waals surface area contributed by atoms with E-state index in [0.717, 1.165) is 36.8 Å². The van der Waals surface area contributed by atoms with E-state index < -0.39 is 10.8 Å². The van der Waals surface area contributed by atoms with E-state index in [-0.39, 0.29) is 18.6 Å². The van der Waals surface area contributed by atoms with E-state index in [9.17, 15) is 9.32 Å². The van der Waals surface area contributed by atoms with Gasteiger partial charge in [-0.3, -0.25) is 4.21 Å². The Morgan fingerprint density at radius 3 is 2.57 bits per heavy atom. The van der Waals surface area contributed by atoms with Crippen molar-refractivity contribution >= 4 is 28.3 Å². The molecule has 30 heavy (non-hydrogen) atoms. The molecule has 1 unspecified atom stereocenters. The highest BCUT2D eigenvalue weighted by Crippen LogP contribution is 2.31. The first-order chi connectivity index (χ1) is 14.5. The fraction of sp³-hybridized carbons (Fsp3) is 0.545. The van der Waals surface area contributed by atoms with Crippen LogP contribution in [-0.4, -0.2) is 63.9 Å². The van der Waals surface area contributed by atoms with Gasteiger partial charge in [-0.15, -0.1) is 0 Å². The van der Waals surface area contributed by atoms with Crippen LogP contribution >= 0.6 is 0 Å². The molecule has 0 spiro atoms. The molecule has 8 heteroatoms. The van der Waals surface area contributed by atoms with Crippen LogP contribution < -0.4 is 15.1 Å². The molecule has 2 aliphatic rings. The van der Waals surface area contributed by atoms with E-state index in [1.807, 2.05) is 0 Å². The number of aromatic nitrogens is 2. The predicted molar refractivity (Wildman–Crippen MR) is 122 cm³/mol. The van der Waals surface area contributed by atoms with Gasteiger partial charge in [0.2, 0.25) is 5.95 Å². The lowest BCUT2D eigenvalue weighted by Crippen LogP contribution is -2.47. The zero-order chi connectivity index (χ0) is 21.3. The van der Waals surface area contributed by atoms with Crippen LogP contribution in [0, 0.1) is 12.8 Å². The van der Waals surface area contributed by atoms with Crippen molar-refractivity contribution in [2.45, 2.75) is 38.1 Å². The number of nitrogens with zero attached hydrogens (tertiary/aromatic N) is 4. The highest BCUT2D eigenvalue weighted by atomic mass is 32.2. The fourth-order valence-electron chi connectivity index (χ4n) is 4.01. The summed E-state index contributed by atoms with van der Waals surface area (Å²) in [6, 6.07) is 8.47. The molecule has 2 atom stereocenters. The molecular formula is C22H31N5O2S. The summed E-state index contributed by atoms with van der Waals surface area (Å²) in [6.07, 6.45) is 0.709. The highest BCUT2D eigenvalue weighted by Gasteiger charge is 2.29. The minimum atomic E-state index is -1.08. The van der Waals surface area contributed by atoms with Gasteiger partial charge in [0.05, 0.1) is 29.1 Å². The zero-order valence-electron chi connectivity index (χ0n) is 18.0. The summed E-state index contributed by atoms with van der Waals surface area (Å²) in [5.41, 5.74) is 3.40. The van der Waals surface area contributed by atoms with Crippen molar-refractivity contribution in [2.24, 2.45) is 5.92 Å². The summed E-state index contributed by atoms with van der Waals surface area (Å²) < 4.78 is 12.5. The van der Waals surface area contributed by atoms with Crippen LogP contribution in [0.5, 0.6) is 0 Å². The molecule has 4 rings (SSSR count).